The van der Waals surface area contributed by atoms with Gasteiger partial charge in [-0.1, -0.05) is 24.3 Å². The molecule has 5 rings (SSSR count). The van der Waals surface area contributed by atoms with E-state index in [9.17, 15) is 5.26 Å². The molecule has 2 aromatic heterocycles. The third-order valence-corrected chi connectivity index (χ3v) is 7.53. The summed E-state index contributed by atoms with van der Waals surface area (Å²) < 4.78 is 7.26. The first kappa shape index (κ1) is 23.3. The first-order valence-electron chi connectivity index (χ1n) is 12.0. The molecule has 4 aromatic rings. The molecule has 1 aliphatic heterocycles. The summed E-state index contributed by atoms with van der Waals surface area (Å²) in [4.78, 5) is 12.0. The Kier molecular flexibility index (Phi) is 6.67. The number of fused-ring (bicyclic) bond motifs is 1. The molecule has 0 radical (unpaired) electrons. The predicted octanol–water partition coefficient (Wildman–Crippen LogP) is 6.36. The highest BCUT2D eigenvalue weighted by atomic mass is 32.1. The van der Waals surface area contributed by atoms with E-state index in [2.05, 4.69) is 47.5 Å². The number of hydrogen-bond acceptors (Lipinski definition) is 7. The number of anilines is 1. The van der Waals surface area contributed by atoms with E-state index in [-0.39, 0.29) is 0 Å². The van der Waals surface area contributed by atoms with Crippen LogP contribution in [0.2, 0.25) is 0 Å². The zero-order valence-corrected chi connectivity index (χ0v) is 21.2. The molecule has 1 N–H and O–H groups in total. The summed E-state index contributed by atoms with van der Waals surface area (Å²) in [5.41, 5.74) is 6.10. The van der Waals surface area contributed by atoms with Gasteiger partial charge in [0, 0.05) is 25.7 Å². The standard InChI is InChI=1S/C28H29N5OS/c1-18-6-4-5-7-22(18)17-33-11-8-23(9-12-33)30-28-31-24-10-13-35-26(24)27(32-28)34-25-19(2)14-21(16-29)15-20(25)3/h4-7,10,13-15,23H,8-9,11-12,17H2,1-3H3,(H,30,31,32). The fourth-order valence-electron chi connectivity index (χ4n) is 4.69. The van der Waals surface area contributed by atoms with Crippen LogP contribution in [0.25, 0.3) is 10.2 Å². The summed E-state index contributed by atoms with van der Waals surface area (Å²) >= 11 is 1.57. The Labute approximate surface area is 210 Å². The number of nitriles is 1. The molecule has 1 aliphatic rings. The Bertz CT molecular complexity index is 1380. The topological polar surface area (TPSA) is 74.1 Å². The molecule has 0 atom stereocenters. The molecule has 7 heteroatoms. The highest BCUT2D eigenvalue weighted by molar-refractivity contribution is 7.17. The summed E-state index contributed by atoms with van der Waals surface area (Å²) in [5.74, 6) is 1.90. The van der Waals surface area contributed by atoms with Crippen molar-refractivity contribution in [1.29, 1.82) is 5.26 Å². The lowest BCUT2D eigenvalue weighted by Crippen LogP contribution is -2.39. The highest BCUT2D eigenvalue weighted by Gasteiger charge is 2.22. The lowest BCUT2D eigenvalue weighted by molar-refractivity contribution is 0.210. The fraction of sp³-hybridized carbons (Fsp3) is 0.321. The van der Waals surface area contributed by atoms with Crippen LogP contribution in [-0.2, 0) is 6.54 Å². The largest absolute Gasteiger partial charge is 0.437 e. The van der Waals surface area contributed by atoms with Crippen LogP contribution in [0.15, 0.2) is 47.8 Å². The molecule has 3 heterocycles. The SMILES string of the molecule is Cc1ccccc1CN1CCC(Nc2nc(Oc3c(C)cc(C#N)cc3C)c3sccc3n2)CC1. The van der Waals surface area contributed by atoms with Gasteiger partial charge < -0.3 is 10.1 Å². The van der Waals surface area contributed by atoms with Crippen molar-refractivity contribution in [3.8, 4) is 17.7 Å². The number of benzene rings is 2. The van der Waals surface area contributed by atoms with Gasteiger partial charge in [0.2, 0.25) is 11.8 Å². The van der Waals surface area contributed by atoms with Gasteiger partial charge in [0.05, 0.1) is 17.1 Å². The molecule has 0 saturated carbocycles. The smallest absolute Gasteiger partial charge is 0.242 e. The minimum absolute atomic E-state index is 0.324. The van der Waals surface area contributed by atoms with Gasteiger partial charge >= 0.3 is 0 Å². The average Bonchev–Trinajstić information content (AvgIpc) is 3.33. The average molecular weight is 484 g/mol. The maximum atomic E-state index is 9.25. The Morgan fingerprint density at radius 2 is 1.80 bits per heavy atom. The molecular weight excluding hydrogens is 454 g/mol. The third kappa shape index (κ3) is 5.14. The van der Waals surface area contributed by atoms with E-state index in [4.69, 9.17) is 14.7 Å². The van der Waals surface area contributed by atoms with Crippen molar-refractivity contribution < 1.29 is 4.74 Å². The molecule has 0 unspecified atom stereocenters. The molecule has 6 nitrogen and oxygen atoms in total. The van der Waals surface area contributed by atoms with E-state index < -0.39 is 0 Å². The van der Waals surface area contributed by atoms with Crippen molar-refractivity contribution in [1.82, 2.24) is 14.9 Å². The Balaban J connectivity index is 1.30. The van der Waals surface area contributed by atoms with Crippen molar-refractivity contribution in [2.24, 2.45) is 0 Å². The molecule has 178 valence electrons. The number of piperidine rings is 1. The van der Waals surface area contributed by atoms with Crippen LogP contribution in [0.1, 0.15) is 40.7 Å². The maximum absolute atomic E-state index is 9.25. The second-order valence-corrected chi connectivity index (χ2v) is 10.2. The summed E-state index contributed by atoms with van der Waals surface area (Å²) in [7, 11) is 0. The number of nitrogens with zero attached hydrogens (tertiary/aromatic N) is 4. The molecule has 2 aromatic carbocycles. The van der Waals surface area contributed by atoms with Crippen LogP contribution in [0.3, 0.4) is 0 Å². The third-order valence-electron chi connectivity index (χ3n) is 6.64. The van der Waals surface area contributed by atoms with E-state index >= 15 is 0 Å². The lowest BCUT2D eigenvalue weighted by Gasteiger charge is -2.32. The van der Waals surface area contributed by atoms with Crippen LogP contribution in [0.4, 0.5) is 5.95 Å². The lowest BCUT2D eigenvalue weighted by atomic mass is 10.0. The number of rotatable bonds is 6. The second kappa shape index (κ2) is 10.0. The van der Waals surface area contributed by atoms with E-state index in [1.165, 1.54) is 11.1 Å². The molecule has 0 bridgehead atoms. The van der Waals surface area contributed by atoms with Crippen LogP contribution in [0.5, 0.6) is 11.6 Å². The van der Waals surface area contributed by atoms with E-state index in [0.717, 1.165) is 59.6 Å². The minimum atomic E-state index is 0.324. The van der Waals surface area contributed by atoms with Crippen molar-refractivity contribution in [2.75, 3.05) is 18.4 Å². The van der Waals surface area contributed by atoms with Gasteiger partial charge in [-0.3, -0.25) is 4.90 Å². The van der Waals surface area contributed by atoms with Gasteiger partial charge in [-0.25, -0.2) is 4.98 Å². The zero-order valence-electron chi connectivity index (χ0n) is 20.3. The summed E-state index contributed by atoms with van der Waals surface area (Å²) in [6, 6.07) is 16.9. The number of thiophene rings is 1. The monoisotopic (exact) mass is 483 g/mol. The molecule has 0 spiro atoms. The predicted molar refractivity (Wildman–Crippen MR) is 141 cm³/mol. The summed E-state index contributed by atoms with van der Waals surface area (Å²) in [5, 5.41) is 14.8. The number of ether oxygens (including phenoxy) is 1. The normalized spacial score (nSPS) is 14.7. The number of hydrogen-bond donors (Lipinski definition) is 1. The zero-order chi connectivity index (χ0) is 24.4. The van der Waals surface area contributed by atoms with Crippen LogP contribution in [0, 0.1) is 32.1 Å². The van der Waals surface area contributed by atoms with Crippen molar-refractivity contribution >= 4 is 27.5 Å². The van der Waals surface area contributed by atoms with Crippen molar-refractivity contribution in [3.05, 3.63) is 75.7 Å². The molecule has 0 amide bonds. The van der Waals surface area contributed by atoms with Gasteiger partial charge in [-0.2, -0.15) is 10.2 Å². The van der Waals surface area contributed by atoms with Crippen molar-refractivity contribution in [3.63, 3.8) is 0 Å². The number of aromatic nitrogens is 2. The van der Waals surface area contributed by atoms with E-state index in [1.54, 1.807) is 11.3 Å². The maximum Gasteiger partial charge on any atom is 0.242 e. The Hall–Kier alpha value is -3.47. The minimum Gasteiger partial charge on any atom is -0.437 e. The van der Waals surface area contributed by atoms with Gasteiger partial charge in [-0.15, -0.1) is 11.3 Å². The van der Waals surface area contributed by atoms with Crippen molar-refractivity contribution in [2.45, 2.75) is 46.2 Å². The fourth-order valence-corrected chi connectivity index (χ4v) is 5.44. The number of likely N-dealkylation sites (tertiary alicyclic amines) is 1. The van der Waals surface area contributed by atoms with E-state index in [1.807, 2.05) is 37.4 Å². The molecule has 35 heavy (non-hydrogen) atoms. The Morgan fingerprint density at radius 1 is 1.06 bits per heavy atom. The van der Waals surface area contributed by atoms with E-state index in [0.29, 0.717) is 23.4 Å². The second-order valence-electron chi connectivity index (χ2n) is 9.26. The summed E-state index contributed by atoms with van der Waals surface area (Å²) in [6.07, 6.45) is 2.09. The van der Waals surface area contributed by atoms with Crippen LogP contribution < -0.4 is 10.1 Å². The quantitative estimate of drug-likeness (QED) is 0.344. The molecule has 0 aliphatic carbocycles. The number of nitrogens with one attached hydrogen (secondary N) is 1. The van der Waals surface area contributed by atoms with Gasteiger partial charge in [0.25, 0.3) is 0 Å². The first-order valence-corrected chi connectivity index (χ1v) is 12.9. The molecule has 1 fully saturated rings. The molecular formula is C28H29N5OS. The van der Waals surface area contributed by atoms with Crippen LogP contribution >= 0.6 is 11.3 Å². The molecule has 1 saturated heterocycles. The highest BCUT2D eigenvalue weighted by Crippen LogP contribution is 2.35. The summed E-state index contributed by atoms with van der Waals surface area (Å²) in [6.45, 7) is 9.18. The van der Waals surface area contributed by atoms with Gasteiger partial charge in [0.1, 0.15) is 10.4 Å². The van der Waals surface area contributed by atoms with Gasteiger partial charge in [-0.05, 0) is 79.4 Å². The Morgan fingerprint density at radius 3 is 2.51 bits per heavy atom. The van der Waals surface area contributed by atoms with Gasteiger partial charge in [0.15, 0.2) is 0 Å². The number of aryl methyl sites for hydroxylation is 3. The van der Waals surface area contributed by atoms with Crippen LogP contribution in [-0.4, -0.2) is 34.0 Å². The first-order chi connectivity index (χ1) is 17.0.